The molecule has 3 aromatic carbocycles. The van der Waals surface area contributed by atoms with Crippen LogP contribution in [0, 0.1) is 18.3 Å². The van der Waals surface area contributed by atoms with Crippen LogP contribution in [0.2, 0.25) is 5.02 Å². The summed E-state index contributed by atoms with van der Waals surface area (Å²) in [6.07, 6.45) is 4.55. The van der Waals surface area contributed by atoms with Gasteiger partial charge in [0.05, 0.1) is 29.9 Å². The van der Waals surface area contributed by atoms with Crippen molar-refractivity contribution >= 4 is 17.6 Å². The van der Waals surface area contributed by atoms with Crippen molar-refractivity contribution in [3.05, 3.63) is 106 Å². The van der Waals surface area contributed by atoms with Crippen molar-refractivity contribution in [1.82, 2.24) is 15.2 Å². The second kappa shape index (κ2) is 17.5. The summed E-state index contributed by atoms with van der Waals surface area (Å²) in [6.45, 7) is 6.28. The summed E-state index contributed by atoms with van der Waals surface area (Å²) in [5.74, 6) is 0.341. The molecule has 1 aliphatic rings. The van der Waals surface area contributed by atoms with Gasteiger partial charge in [0, 0.05) is 55.8 Å². The zero-order valence-electron chi connectivity index (χ0n) is 28.8. The summed E-state index contributed by atoms with van der Waals surface area (Å²) in [4.78, 5) is 18.1. The molecule has 1 aromatic heterocycles. The number of aliphatic carboxylic acids is 1. The van der Waals surface area contributed by atoms with Crippen molar-refractivity contribution in [3.63, 3.8) is 0 Å². The van der Waals surface area contributed by atoms with Crippen LogP contribution in [-0.4, -0.2) is 75.7 Å². The number of aliphatic hydroxyl groups is 2. The fraction of sp³-hybridized carbons (Fsp3) is 0.359. The number of nitriles is 1. The molecule has 0 bridgehead atoms. The lowest BCUT2D eigenvalue weighted by Gasteiger charge is -2.25. The number of likely N-dealkylation sites (tertiary alicyclic amines) is 1. The molecule has 51 heavy (non-hydrogen) atoms. The second-order valence-electron chi connectivity index (χ2n) is 12.9. The highest BCUT2D eigenvalue weighted by Crippen LogP contribution is 2.35. The van der Waals surface area contributed by atoms with Gasteiger partial charge < -0.3 is 34.4 Å². The summed E-state index contributed by atoms with van der Waals surface area (Å²) in [6, 6.07) is 21.1. The van der Waals surface area contributed by atoms with Crippen LogP contribution in [0.25, 0.3) is 11.1 Å². The maximum atomic E-state index is 11.8. The molecule has 2 heterocycles. The third kappa shape index (κ3) is 9.97. The van der Waals surface area contributed by atoms with E-state index in [1.807, 2.05) is 43.3 Å². The number of halogens is 1. The maximum Gasteiger partial charge on any atom is 0.326 e. The fourth-order valence-electron chi connectivity index (χ4n) is 5.79. The number of β-amino-alcohol motifs (C(OH)–C–C–N with tert-alkyl or cyclic N) is 1. The summed E-state index contributed by atoms with van der Waals surface area (Å²) < 4.78 is 18.5. The van der Waals surface area contributed by atoms with Crippen LogP contribution < -0.4 is 19.5 Å². The van der Waals surface area contributed by atoms with Crippen LogP contribution in [0.4, 0.5) is 0 Å². The SMILES string of the molecule is Cc1c(COc2cc(OCc3cncc(C#N)c3)c(CNC(C)(CO)C(=O)O)cc2Cl)cccc1-c1cccc(OCCCN2CC[C@@H](O)C2)c1. The molecule has 1 saturated heterocycles. The Labute approximate surface area is 303 Å². The number of carboxylic acids is 1. The molecule has 268 valence electrons. The predicted molar refractivity (Wildman–Crippen MR) is 193 cm³/mol. The van der Waals surface area contributed by atoms with E-state index in [1.54, 1.807) is 24.4 Å². The number of aliphatic hydroxyl groups excluding tert-OH is 2. The first-order valence-corrected chi connectivity index (χ1v) is 17.2. The quantitative estimate of drug-likeness (QED) is 0.102. The first-order valence-electron chi connectivity index (χ1n) is 16.8. The normalized spacial score (nSPS) is 15.6. The molecule has 1 fully saturated rings. The lowest BCUT2D eigenvalue weighted by Crippen LogP contribution is -2.52. The minimum Gasteiger partial charge on any atom is -0.494 e. The number of hydrogen-bond acceptors (Lipinski definition) is 10. The van der Waals surface area contributed by atoms with E-state index in [-0.39, 0.29) is 25.9 Å². The van der Waals surface area contributed by atoms with Crippen molar-refractivity contribution < 1.29 is 34.3 Å². The van der Waals surface area contributed by atoms with E-state index in [0.717, 1.165) is 60.5 Å². The average Bonchev–Trinajstić information content (AvgIpc) is 3.56. The number of nitrogens with zero attached hydrogens (tertiary/aromatic N) is 3. The molecule has 0 saturated carbocycles. The van der Waals surface area contributed by atoms with Crippen LogP contribution in [0.5, 0.6) is 17.2 Å². The van der Waals surface area contributed by atoms with E-state index in [0.29, 0.717) is 39.8 Å². The second-order valence-corrected chi connectivity index (χ2v) is 13.3. The highest BCUT2D eigenvalue weighted by Gasteiger charge is 2.32. The number of pyridine rings is 1. The zero-order chi connectivity index (χ0) is 36.4. The molecule has 1 unspecified atom stereocenters. The molecule has 5 rings (SSSR count). The van der Waals surface area contributed by atoms with Gasteiger partial charge in [-0.25, -0.2) is 0 Å². The molecule has 0 aliphatic carbocycles. The first-order chi connectivity index (χ1) is 24.6. The smallest absolute Gasteiger partial charge is 0.326 e. The standard InChI is InChI=1S/C39H43ClN4O7/c1-26-30(7-4-9-34(26)29-6-3-8-33(15-29)49-13-5-11-44-12-10-32(46)22-44)24-51-37-17-36(50-23-28-14-27(18-41)19-42-20-28)31(16-35(37)40)21-43-39(2,25-45)38(47)48/h3-4,6-9,14-17,19-20,32,43,45-46H,5,10-13,21-25H2,1-2H3,(H,47,48)/t32-,39?/m1/s1. The number of hydrogen-bond donors (Lipinski definition) is 4. The number of ether oxygens (including phenoxy) is 3. The topological polar surface area (TPSA) is 157 Å². The van der Waals surface area contributed by atoms with Gasteiger partial charge in [0.15, 0.2) is 0 Å². The number of benzene rings is 3. The molecule has 0 radical (unpaired) electrons. The lowest BCUT2D eigenvalue weighted by atomic mass is 9.96. The Bertz CT molecular complexity index is 1870. The zero-order valence-corrected chi connectivity index (χ0v) is 29.5. The molecule has 2 atom stereocenters. The van der Waals surface area contributed by atoms with Gasteiger partial charge in [0.1, 0.15) is 42.1 Å². The Kier molecular flexibility index (Phi) is 12.9. The van der Waals surface area contributed by atoms with Gasteiger partial charge in [-0.3, -0.25) is 15.1 Å². The minimum absolute atomic E-state index is 0.0295. The summed E-state index contributed by atoms with van der Waals surface area (Å²) >= 11 is 6.70. The largest absolute Gasteiger partial charge is 0.494 e. The van der Waals surface area contributed by atoms with Crippen LogP contribution >= 0.6 is 11.6 Å². The highest BCUT2D eigenvalue weighted by atomic mass is 35.5. The van der Waals surface area contributed by atoms with E-state index < -0.39 is 18.1 Å². The van der Waals surface area contributed by atoms with Crippen LogP contribution in [0.1, 0.15) is 47.6 Å². The van der Waals surface area contributed by atoms with Gasteiger partial charge >= 0.3 is 5.97 Å². The number of nitrogens with one attached hydrogen (secondary N) is 1. The molecular weight excluding hydrogens is 672 g/mol. The van der Waals surface area contributed by atoms with Crippen molar-refractivity contribution in [3.8, 4) is 34.4 Å². The Balaban J connectivity index is 1.29. The molecule has 1 aliphatic heterocycles. The summed E-state index contributed by atoms with van der Waals surface area (Å²) in [5, 5.41) is 41.5. The van der Waals surface area contributed by atoms with Gasteiger partial charge in [0.2, 0.25) is 0 Å². The molecular formula is C39H43ClN4O7. The molecule has 11 nitrogen and oxygen atoms in total. The van der Waals surface area contributed by atoms with Crippen molar-refractivity contribution in [1.29, 1.82) is 5.26 Å². The predicted octanol–water partition coefficient (Wildman–Crippen LogP) is 5.50. The van der Waals surface area contributed by atoms with E-state index in [9.17, 15) is 25.4 Å². The van der Waals surface area contributed by atoms with Crippen LogP contribution in [0.3, 0.4) is 0 Å². The molecule has 12 heteroatoms. The number of aromatic nitrogens is 1. The average molecular weight is 715 g/mol. The molecule has 0 spiro atoms. The van der Waals surface area contributed by atoms with Gasteiger partial charge in [0.25, 0.3) is 0 Å². The summed E-state index contributed by atoms with van der Waals surface area (Å²) in [7, 11) is 0. The fourth-order valence-corrected chi connectivity index (χ4v) is 6.03. The summed E-state index contributed by atoms with van der Waals surface area (Å²) in [5.41, 5.74) is 4.08. The Morgan fingerprint density at radius 2 is 1.88 bits per heavy atom. The van der Waals surface area contributed by atoms with Crippen molar-refractivity contribution in [2.75, 3.05) is 32.8 Å². The molecule has 4 aromatic rings. The monoisotopic (exact) mass is 714 g/mol. The van der Waals surface area contributed by atoms with Crippen LogP contribution in [-0.2, 0) is 24.6 Å². The van der Waals surface area contributed by atoms with Gasteiger partial charge in [-0.15, -0.1) is 0 Å². The molecule has 4 N–H and O–H groups in total. The Morgan fingerprint density at radius 3 is 2.63 bits per heavy atom. The van der Waals surface area contributed by atoms with E-state index in [1.165, 1.54) is 13.1 Å². The Hall–Kier alpha value is -4.70. The van der Waals surface area contributed by atoms with Gasteiger partial charge in [-0.2, -0.15) is 5.26 Å². The van der Waals surface area contributed by atoms with E-state index >= 15 is 0 Å². The highest BCUT2D eigenvalue weighted by molar-refractivity contribution is 6.32. The number of rotatable bonds is 17. The number of carbonyl (C=O) groups is 1. The molecule has 0 amide bonds. The number of carboxylic acid groups (broad SMARTS) is 1. The van der Waals surface area contributed by atoms with Crippen molar-refractivity contribution in [2.24, 2.45) is 0 Å². The minimum atomic E-state index is -1.59. The third-order valence-corrected chi connectivity index (χ3v) is 9.30. The van der Waals surface area contributed by atoms with E-state index in [2.05, 4.69) is 27.3 Å². The third-order valence-electron chi connectivity index (χ3n) is 9.00. The van der Waals surface area contributed by atoms with Crippen LogP contribution in [0.15, 0.2) is 73.1 Å². The van der Waals surface area contributed by atoms with E-state index in [4.69, 9.17) is 25.8 Å². The lowest BCUT2D eigenvalue weighted by molar-refractivity contribution is -0.145. The van der Waals surface area contributed by atoms with Crippen molar-refractivity contribution in [2.45, 2.75) is 58.1 Å². The maximum absolute atomic E-state index is 11.8. The first kappa shape index (κ1) is 37.6. The van der Waals surface area contributed by atoms with Gasteiger partial charge in [-0.1, -0.05) is 41.9 Å². The van der Waals surface area contributed by atoms with Gasteiger partial charge in [-0.05, 0) is 73.2 Å². The Morgan fingerprint density at radius 1 is 1.08 bits per heavy atom.